The molecule has 0 aliphatic heterocycles. The van der Waals surface area contributed by atoms with E-state index in [-0.39, 0.29) is 17.0 Å². The van der Waals surface area contributed by atoms with Gasteiger partial charge in [0.15, 0.2) is 17.4 Å². The second-order valence-corrected chi connectivity index (χ2v) is 10.1. The highest BCUT2D eigenvalue weighted by Crippen LogP contribution is 2.48. The Morgan fingerprint density at radius 1 is 0.853 bits per heavy atom. The van der Waals surface area contributed by atoms with Gasteiger partial charge in [0.25, 0.3) is 0 Å². The zero-order valence-corrected chi connectivity index (χ0v) is 19.6. The molecule has 0 N–H and O–H groups in total. The minimum Gasteiger partial charge on any atom is -0.429 e. The molecule has 1 nitrogen and oxygen atoms in total. The third-order valence-corrected chi connectivity index (χ3v) is 7.92. The predicted octanol–water partition coefficient (Wildman–Crippen LogP) is 9.25. The third-order valence-electron chi connectivity index (χ3n) is 7.92. The van der Waals surface area contributed by atoms with E-state index in [1.807, 2.05) is 6.07 Å². The van der Waals surface area contributed by atoms with Gasteiger partial charge in [-0.3, -0.25) is 0 Å². The van der Waals surface area contributed by atoms with Crippen molar-refractivity contribution in [1.82, 2.24) is 0 Å². The summed E-state index contributed by atoms with van der Waals surface area (Å²) in [7, 11) is 0. The number of ether oxygens (including phenoxy) is 1. The van der Waals surface area contributed by atoms with E-state index in [0.717, 1.165) is 42.4 Å². The molecule has 4 atom stereocenters. The molecule has 0 aromatic heterocycles. The zero-order chi connectivity index (χ0) is 24.2. The minimum absolute atomic E-state index is 0.0337. The molecule has 2 aromatic carbocycles. The highest BCUT2D eigenvalue weighted by atomic mass is 19.3. The van der Waals surface area contributed by atoms with Crippen LogP contribution >= 0.6 is 0 Å². The van der Waals surface area contributed by atoms with E-state index in [1.165, 1.54) is 63.5 Å². The number of fused-ring (bicyclic) bond motifs is 1. The molecule has 4 rings (SSSR count). The fraction of sp³-hybridized carbons (Fsp3) is 0.571. The molecule has 0 heterocycles. The van der Waals surface area contributed by atoms with Gasteiger partial charge in [-0.05, 0) is 85.1 Å². The van der Waals surface area contributed by atoms with Gasteiger partial charge in [0.2, 0.25) is 0 Å². The largest absolute Gasteiger partial charge is 0.429 e. The topological polar surface area (TPSA) is 9.23 Å². The number of unbranched alkanes of at least 4 members (excludes halogenated alkanes) is 2. The first-order valence-corrected chi connectivity index (χ1v) is 12.6. The minimum atomic E-state index is -3.35. The molecule has 4 unspecified atom stereocenters. The number of hydrogen-bond acceptors (Lipinski definition) is 1. The average molecular weight is 481 g/mol. The Kier molecular flexibility index (Phi) is 8.15. The van der Waals surface area contributed by atoms with Gasteiger partial charge >= 0.3 is 6.61 Å². The smallest absolute Gasteiger partial charge is 0.387 e. The van der Waals surface area contributed by atoms with Gasteiger partial charge in [-0.15, -0.1) is 0 Å². The Bertz CT molecular complexity index is 952. The maximum atomic E-state index is 15.0. The second kappa shape index (κ2) is 11.1. The predicted molar refractivity (Wildman–Crippen MR) is 123 cm³/mol. The molecule has 2 aliphatic rings. The molecule has 2 fully saturated rings. The van der Waals surface area contributed by atoms with Crippen molar-refractivity contribution in [2.24, 2.45) is 17.8 Å². The fourth-order valence-electron chi connectivity index (χ4n) is 6.17. The number of alkyl halides is 2. The summed E-state index contributed by atoms with van der Waals surface area (Å²) in [5.74, 6) is -1.69. The van der Waals surface area contributed by atoms with E-state index >= 15 is 4.39 Å². The van der Waals surface area contributed by atoms with E-state index in [2.05, 4.69) is 11.7 Å². The highest BCUT2D eigenvalue weighted by Gasteiger charge is 2.36. The van der Waals surface area contributed by atoms with E-state index in [9.17, 15) is 17.6 Å². The van der Waals surface area contributed by atoms with Crippen molar-refractivity contribution in [3.63, 3.8) is 0 Å². The first-order chi connectivity index (χ1) is 16.4. The molecule has 0 bridgehead atoms. The first kappa shape index (κ1) is 25.0. The number of hydrogen-bond donors (Lipinski definition) is 0. The summed E-state index contributed by atoms with van der Waals surface area (Å²) in [5, 5.41) is 0. The van der Waals surface area contributed by atoms with Crippen molar-refractivity contribution in [3.05, 3.63) is 53.3 Å². The molecule has 0 amide bonds. The second-order valence-electron chi connectivity index (χ2n) is 10.1. The summed E-state index contributed by atoms with van der Waals surface area (Å²) in [6.45, 7) is -1.11. The van der Waals surface area contributed by atoms with Crippen molar-refractivity contribution in [1.29, 1.82) is 0 Å². The van der Waals surface area contributed by atoms with E-state index in [1.54, 1.807) is 0 Å². The lowest BCUT2D eigenvalue weighted by Gasteiger charge is -2.42. The average Bonchev–Trinajstić information content (AvgIpc) is 2.81. The highest BCUT2D eigenvalue weighted by molar-refractivity contribution is 5.66. The van der Waals surface area contributed by atoms with Crippen molar-refractivity contribution in [2.75, 3.05) is 0 Å². The molecule has 0 radical (unpaired) electrons. The summed E-state index contributed by atoms with van der Waals surface area (Å²) in [6.07, 6.45) is 12.4. The van der Waals surface area contributed by atoms with Crippen LogP contribution < -0.4 is 4.74 Å². The lowest BCUT2D eigenvalue weighted by Crippen LogP contribution is -2.30. The van der Waals surface area contributed by atoms with Crippen LogP contribution in [0.5, 0.6) is 5.75 Å². The van der Waals surface area contributed by atoms with Crippen LogP contribution in [0.4, 0.5) is 22.0 Å². The summed E-state index contributed by atoms with van der Waals surface area (Å²) >= 11 is 0. The number of rotatable bonds is 8. The van der Waals surface area contributed by atoms with Crippen molar-refractivity contribution >= 4 is 0 Å². The van der Waals surface area contributed by atoms with E-state index in [4.69, 9.17) is 0 Å². The molecular formula is C28H33F5O. The van der Waals surface area contributed by atoms with Gasteiger partial charge in [-0.2, -0.15) is 8.78 Å². The Balaban J connectivity index is 1.43. The van der Waals surface area contributed by atoms with Gasteiger partial charge in [0.1, 0.15) is 5.82 Å². The van der Waals surface area contributed by atoms with Crippen LogP contribution in [-0.4, -0.2) is 6.61 Å². The molecule has 2 aliphatic carbocycles. The third kappa shape index (κ3) is 5.75. The molecule has 34 heavy (non-hydrogen) atoms. The maximum absolute atomic E-state index is 15.0. The Morgan fingerprint density at radius 3 is 2.24 bits per heavy atom. The molecular weight excluding hydrogens is 447 g/mol. The van der Waals surface area contributed by atoms with Crippen molar-refractivity contribution < 1.29 is 26.7 Å². The lowest BCUT2D eigenvalue weighted by molar-refractivity contribution is -0.0546. The first-order valence-electron chi connectivity index (χ1n) is 12.6. The molecule has 186 valence electrons. The molecule has 6 heteroatoms. The van der Waals surface area contributed by atoms with E-state index in [0.29, 0.717) is 5.92 Å². The van der Waals surface area contributed by atoms with Gasteiger partial charge in [-0.25, -0.2) is 13.2 Å². The Hall–Kier alpha value is -2.11. The monoisotopic (exact) mass is 480 g/mol. The fourth-order valence-corrected chi connectivity index (χ4v) is 6.17. The van der Waals surface area contributed by atoms with E-state index < -0.39 is 29.8 Å². The van der Waals surface area contributed by atoms with Crippen LogP contribution in [0.2, 0.25) is 0 Å². The quantitative estimate of drug-likeness (QED) is 0.270. The Labute approximate surface area is 198 Å². The van der Waals surface area contributed by atoms with Crippen LogP contribution in [-0.2, 0) is 0 Å². The summed E-state index contributed by atoms with van der Waals surface area (Å²) in [4.78, 5) is 0. The van der Waals surface area contributed by atoms with Gasteiger partial charge in [0.05, 0.1) is 0 Å². The van der Waals surface area contributed by atoms with Gasteiger partial charge < -0.3 is 4.74 Å². The number of benzene rings is 2. The zero-order valence-electron chi connectivity index (χ0n) is 19.6. The van der Waals surface area contributed by atoms with Crippen LogP contribution in [0.3, 0.4) is 0 Å². The number of halogens is 5. The van der Waals surface area contributed by atoms with Crippen LogP contribution in [0, 0.1) is 35.2 Å². The van der Waals surface area contributed by atoms with Crippen LogP contribution in [0.15, 0.2) is 30.3 Å². The van der Waals surface area contributed by atoms with Gasteiger partial charge in [-0.1, -0.05) is 51.2 Å². The Morgan fingerprint density at radius 2 is 1.56 bits per heavy atom. The maximum Gasteiger partial charge on any atom is 0.387 e. The van der Waals surface area contributed by atoms with Gasteiger partial charge in [0, 0.05) is 5.56 Å². The SMILES string of the molecule is CCCCCC1CCC2CC(c3ccc(-c4cc(F)c(OC(F)F)c(F)c4)c(F)c3)CCC2C1. The van der Waals surface area contributed by atoms with Crippen LogP contribution in [0.25, 0.3) is 11.1 Å². The molecule has 2 saturated carbocycles. The van der Waals surface area contributed by atoms with Crippen molar-refractivity contribution in [3.8, 4) is 16.9 Å². The van der Waals surface area contributed by atoms with Crippen molar-refractivity contribution in [2.45, 2.75) is 83.7 Å². The summed E-state index contributed by atoms with van der Waals surface area (Å²) in [6, 6.07) is 6.48. The normalized spacial score (nSPS) is 24.8. The van der Waals surface area contributed by atoms with Crippen LogP contribution in [0.1, 0.15) is 82.6 Å². The molecule has 0 spiro atoms. The molecule has 2 aromatic rings. The summed E-state index contributed by atoms with van der Waals surface area (Å²) < 4.78 is 71.8. The summed E-state index contributed by atoms with van der Waals surface area (Å²) in [5.41, 5.74) is 0.903. The molecule has 0 saturated heterocycles. The lowest BCUT2D eigenvalue weighted by atomic mass is 9.63. The standard InChI is InChI=1S/C28H33F5O/c1-2-3-4-5-17-6-7-19-13-20(9-8-18(19)12-17)21-10-11-23(24(29)14-21)22-15-25(30)27(26(31)16-22)34-28(32)33/h10-11,14-20,28H,2-9,12-13H2,1H3.